The molecular weight excluding hydrogens is 419 g/mol. The third-order valence-electron chi connectivity index (χ3n) is 5.30. The van der Waals surface area contributed by atoms with Crippen molar-refractivity contribution < 1.29 is 37.3 Å². The van der Waals surface area contributed by atoms with E-state index in [2.05, 4.69) is 15.6 Å². The number of rotatable bonds is 10. The molecule has 8 nitrogen and oxygen atoms in total. The van der Waals surface area contributed by atoms with Crippen LogP contribution in [0.2, 0.25) is 0 Å². The molecule has 31 heavy (non-hydrogen) atoms. The third-order valence-corrected chi connectivity index (χ3v) is 5.30. The summed E-state index contributed by atoms with van der Waals surface area (Å²) in [5, 5.41) is 14.2. The van der Waals surface area contributed by atoms with Crippen molar-refractivity contribution in [1.82, 2.24) is 15.6 Å². The Hall–Kier alpha value is -2.56. The molecule has 1 fully saturated rings. The van der Waals surface area contributed by atoms with Gasteiger partial charge in [0.05, 0.1) is 6.61 Å². The van der Waals surface area contributed by atoms with Crippen LogP contribution in [0, 0.1) is 0 Å². The molecule has 1 aromatic rings. The number of ether oxygens (including phenoxy) is 2. The number of alkyl halides is 3. The molecular formula is C20H28F3N3O5. The number of hydrogen-bond acceptors (Lipinski definition) is 6. The van der Waals surface area contributed by atoms with Gasteiger partial charge in [-0.2, -0.15) is 18.2 Å². The summed E-state index contributed by atoms with van der Waals surface area (Å²) in [6, 6.07) is 3.11. The van der Waals surface area contributed by atoms with Gasteiger partial charge >= 0.3 is 12.3 Å². The molecule has 3 N–H and O–H groups in total. The first-order chi connectivity index (χ1) is 14.6. The summed E-state index contributed by atoms with van der Waals surface area (Å²) in [7, 11) is 1.47. The van der Waals surface area contributed by atoms with E-state index in [-0.39, 0.29) is 23.6 Å². The van der Waals surface area contributed by atoms with Gasteiger partial charge in [0.1, 0.15) is 5.54 Å². The summed E-state index contributed by atoms with van der Waals surface area (Å²) in [5.74, 6) is -0.241. The number of halogens is 3. The van der Waals surface area contributed by atoms with E-state index in [1.165, 1.54) is 13.1 Å². The molecule has 1 aliphatic carbocycles. The van der Waals surface area contributed by atoms with Crippen molar-refractivity contribution in [3.8, 4) is 11.8 Å². The van der Waals surface area contributed by atoms with E-state index in [4.69, 9.17) is 14.6 Å². The minimum absolute atomic E-state index is 0.0609. The molecule has 174 valence electrons. The average molecular weight is 447 g/mol. The lowest BCUT2D eigenvalue weighted by Crippen LogP contribution is -2.58. The van der Waals surface area contributed by atoms with Crippen LogP contribution in [0.25, 0.3) is 0 Å². The quantitative estimate of drug-likeness (QED) is 0.509. The second kappa shape index (κ2) is 10.2. The van der Waals surface area contributed by atoms with E-state index >= 15 is 0 Å². The highest BCUT2D eigenvalue weighted by molar-refractivity contribution is 5.90. The first kappa shape index (κ1) is 24.7. The first-order valence-corrected chi connectivity index (χ1v) is 10.2. The molecule has 1 atom stereocenters. The van der Waals surface area contributed by atoms with Gasteiger partial charge < -0.3 is 25.2 Å². The number of carbonyl (C=O) groups excluding carboxylic acids is 2. The highest BCUT2D eigenvalue weighted by Crippen LogP contribution is 2.44. The molecule has 1 saturated carbocycles. The van der Waals surface area contributed by atoms with Crippen LogP contribution < -0.4 is 20.1 Å². The Bertz CT molecular complexity index is 780. The number of pyridine rings is 1. The lowest BCUT2D eigenvalue weighted by Gasteiger charge is -2.30. The highest BCUT2D eigenvalue weighted by atomic mass is 19.4. The molecule has 2 amide bonds. The summed E-state index contributed by atoms with van der Waals surface area (Å²) in [6.45, 7) is 3.10. The van der Waals surface area contributed by atoms with Crippen molar-refractivity contribution in [2.45, 2.75) is 69.7 Å². The maximum Gasteiger partial charge on any atom is 0.414 e. The van der Waals surface area contributed by atoms with Gasteiger partial charge in [-0.25, -0.2) is 4.79 Å². The summed E-state index contributed by atoms with van der Waals surface area (Å²) >= 11 is 0. The van der Waals surface area contributed by atoms with Crippen molar-refractivity contribution in [1.29, 1.82) is 0 Å². The molecule has 0 aromatic carbocycles. The number of amides is 2. The van der Waals surface area contributed by atoms with Crippen molar-refractivity contribution in [3.05, 3.63) is 17.7 Å². The van der Waals surface area contributed by atoms with E-state index in [0.717, 1.165) is 12.8 Å². The first-order valence-electron chi connectivity index (χ1n) is 10.2. The number of nitrogens with zero attached hydrogens (tertiary/aromatic N) is 1. The minimum Gasteiger partial charge on any atom is -0.477 e. The third kappa shape index (κ3) is 6.46. The lowest BCUT2D eigenvalue weighted by molar-refractivity contribution is -0.206. The molecule has 1 heterocycles. The minimum atomic E-state index is -4.73. The Kier molecular flexibility index (Phi) is 8.10. The number of aromatic nitrogens is 1. The zero-order chi connectivity index (χ0) is 23.2. The van der Waals surface area contributed by atoms with Crippen LogP contribution in [0.5, 0.6) is 11.8 Å². The van der Waals surface area contributed by atoms with Gasteiger partial charge in [-0.1, -0.05) is 13.8 Å². The van der Waals surface area contributed by atoms with Crippen LogP contribution in [-0.2, 0) is 4.79 Å². The summed E-state index contributed by atoms with van der Waals surface area (Å²) < 4.78 is 48.0. The van der Waals surface area contributed by atoms with Crippen molar-refractivity contribution in [3.63, 3.8) is 0 Å². The number of nitrogens with one attached hydrogen (secondary N) is 2. The van der Waals surface area contributed by atoms with Crippen LogP contribution in [-0.4, -0.2) is 53.6 Å². The van der Waals surface area contributed by atoms with E-state index < -0.39 is 36.9 Å². The van der Waals surface area contributed by atoms with Crippen LogP contribution in [0.15, 0.2) is 12.1 Å². The molecule has 11 heteroatoms. The van der Waals surface area contributed by atoms with Crippen molar-refractivity contribution in [2.24, 2.45) is 0 Å². The number of aliphatic hydroxyl groups is 1. The highest BCUT2D eigenvalue weighted by Gasteiger charge is 2.38. The van der Waals surface area contributed by atoms with Crippen LogP contribution in [0.1, 0.15) is 57.4 Å². The molecule has 2 rings (SSSR count). The van der Waals surface area contributed by atoms with Gasteiger partial charge in [-0.15, -0.1) is 0 Å². The summed E-state index contributed by atoms with van der Waals surface area (Å²) in [6.07, 6.45) is -6.31. The Morgan fingerprint density at radius 2 is 1.90 bits per heavy atom. The summed E-state index contributed by atoms with van der Waals surface area (Å²) in [4.78, 5) is 28.7. The second-order valence-corrected chi connectivity index (χ2v) is 7.40. The van der Waals surface area contributed by atoms with Crippen LogP contribution >= 0.6 is 0 Å². The topological polar surface area (TPSA) is 110 Å². The van der Waals surface area contributed by atoms with Crippen LogP contribution in [0.3, 0.4) is 0 Å². The normalized spacial score (nSPS) is 15.2. The molecule has 1 aromatic heterocycles. The smallest absolute Gasteiger partial charge is 0.414 e. The fourth-order valence-corrected chi connectivity index (χ4v) is 3.10. The SMILES string of the molecule is CCC(CC)(NC(=O)Oc1ccc(C2CC2)c(OCC[C@@H](O)C(F)(F)F)n1)C(=O)NC. The van der Waals surface area contributed by atoms with Crippen molar-refractivity contribution in [2.75, 3.05) is 13.7 Å². The molecule has 0 saturated heterocycles. The van der Waals surface area contributed by atoms with Gasteiger partial charge in [-0.3, -0.25) is 4.79 Å². The van der Waals surface area contributed by atoms with Gasteiger partial charge in [0.25, 0.3) is 0 Å². The fraction of sp³-hybridized carbons (Fsp3) is 0.650. The van der Waals surface area contributed by atoms with Gasteiger partial charge in [0, 0.05) is 25.1 Å². The molecule has 1 aliphatic rings. The zero-order valence-corrected chi connectivity index (χ0v) is 17.7. The van der Waals surface area contributed by atoms with Crippen molar-refractivity contribution >= 4 is 12.0 Å². The molecule has 0 unspecified atom stereocenters. The molecule has 0 radical (unpaired) electrons. The molecule has 0 bridgehead atoms. The number of aliphatic hydroxyl groups excluding tert-OH is 1. The Labute approximate surface area is 178 Å². The largest absolute Gasteiger partial charge is 0.477 e. The second-order valence-electron chi connectivity index (χ2n) is 7.40. The maximum absolute atomic E-state index is 12.5. The number of carbonyl (C=O) groups is 2. The van der Waals surface area contributed by atoms with Gasteiger partial charge in [0.15, 0.2) is 6.10 Å². The van der Waals surface area contributed by atoms with E-state index in [0.29, 0.717) is 18.4 Å². The predicted octanol–water partition coefficient (Wildman–Crippen LogP) is 3.04. The monoisotopic (exact) mass is 447 g/mol. The number of hydrogen-bond donors (Lipinski definition) is 3. The van der Waals surface area contributed by atoms with E-state index in [1.807, 2.05) is 0 Å². The standard InChI is InChI=1S/C20H28F3N3O5/c1-4-19(5-2,17(28)24-3)26-18(29)31-15-9-8-13(12-6-7-12)16(25-15)30-11-10-14(27)20(21,22)23/h8-9,12,14,27H,4-7,10-11H2,1-3H3,(H,24,28)(H,26,29)/t14-/m1/s1. The zero-order valence-electron chi connectivity index (χ0n) is 17.7. The van der Waals surface area contributed by atoms with E-state index in [9.17, 15) is 22.8 Å². The lowest BCUT2D eigenvalue weighted by atomic mass is 9.92. The molecule has 0 spiro atoms. The predicted molar refractivity (Wildman–Crippen MR) is 105 cm³/mol. The summed E-state index contributed by atoms with van der Waals surface area (Å²) in [5.41, 5.74) is -0.441. The number of likely N-dealkylation sites (N-methyl/N-ethyl adjacent to an activating group) is 1. The van der Waals surface area contributed by atoms with Gasteiger partial charge in [-0.05, 0) is 37.7 Å². The Morgan fingerprint density at radius 1 is 1.26 bits per heavy atom. The Balaban J connectivity index is 2.09. The van der Waals surface area contributed by atoms with Crippen LogP contribution in [0.4, 0.5) is 18.0 Å². The fourth-order valence-electron chi connectivity index (χ4n) is 3.10. The maximum atomic E-state index is 12.5. The average Bonchev–Trinajstić information content (AvgIpc) is 3.56. The Morgan fingerprint density at radius 3 is 2.42 bits per heavy atom. The van der Waals surface area contributed by atoms with Gasteiger partial charge in [0.2, 0.25) is 17.7 Å². The molecule has 0 aliphatic heterocycles. The van der Waals surface area contributed by atoms with E-state index in [1.54, 1.807) is 19.9 Å².